The highest BCUT2D eigenvalue weighted by Gasteiger charge is 2.32. The van der Waals surface area contributed by atoms with Crippen molar-refractivity contribution in [2.75, 3.05) is 5.09 Å². The summed E-state index contributed by atoms with van der Waals surface area (Å²) in [4.78, 5) is 0. The molecule has 3 aromatic rings. The van der Waals surface area contributed by atoms with Gasteiger partial charge in [0.1, 0.15) is 5.82 Å². The van der Waals surface area contributed by atoms with E-state index in [-0.39, 0.29) is 10.7 Å². The maximum absolute atomic E-state index is 14.1. The predicted molar refractivity (Wildman–Crippen MR) is 96.7 cm³/mol. The van der Waals surface area contributed by atoms with E-state index in [2.05, 4.69) is 5.09 Å². The first-order valence-corrected chi connectivity index (χ1v) is 9.50. The molecule has 0 saturated heterocycles. The summed E-state index contributed by atoms with van der Waals surface area (Å²) >= 11 is 5.69. The van der Waals surface area contributed by atoms with E-state index in [0.29, 0.717) is 0 Å². The van der Waals surface area contributed by atoms with Crippen LogP contribution in [0, 0.1) is 17.5 Å². The second-order valence-corrected chi connectivity index (χ2v) is 7.30. The standard InChI is InChI=1S/C18H12ClF3NO3P/c19-12-9-10-16(15(22)11-12)23-27(24,25-17-7-3-1-5-13(17)20)26-18-8-4-2-6-14(18)21/h1-11H,(H,23,24). The second kappa shape index (κ2) is 7.94. The van der Waals surface area contributed by atoms with E-state index in [9.17, 15) is 17.7 Å². The Hall–Kier alpha value is -2.63. The van der Waals surface area contributed by atoms with Crippen molar-refractivity contribution >= 4 is 25.0 Å². The molecule has 0 spiro atoms. The van der Waals surface area contributed by atoms with E-state index < -0.39 is 36.7 Å². The minimum absolute atomic E-state index is 0.109. The van der Waals surface area contributed by atoms with Gasteiger partial charge in [0.15, 0.2) is 23.1 Å². The summed E-state index contributed by atoms with van der Waals surface area (Å²) in [6.07, 6.45) is 0. The van der Waals surface area contributed by atoms with E-state index in [4.69, 9.17) is 20.6 Å². The number of nitrogens with one attached hydrogen (secondary N) is 1. The molecule has 3 aromatic carbocycles. The van der Waals surface area contributed by atoms with Crippen molar-refractivity contribution in [3.63, 3.8) is 0 Å². The van der Waals surface area contributed by atoms with Gasteiger partial charge in [-0.05, 0) is 42.5 Å². The lowest BCUT2D eigenvalue weighted by molar-refractivity contribution is 0.372. The molecule has 0 aliphatic heterocycles. The average Bonchev–Trinajstić information content (AvgIpc) is 2.62. The van der Waals surface area contributed by atoms with E-state index in [0.717, 1.165) is 18.2 Å². The van der Waals surface area contributed by atoms with Gasteiger partial charge in [-0.1, -0.05) is 35.9 Å². The number of hydrogen-bond acceptors (Lipinski definition) is 3. The Morgan fingerprint density at radius 2 is 1.30 bits per heavy atom. The van der Waals surface area contributed by atoms with Crippen molar-refractivity contribution in [2.24, 2.45) is 0 Å². The van der Waals surface area contributed by atoms with Crippen molar-refractivity contribution in [1.29, 1.82) is 0 Å². The quantitative estimate of drug-likeness (QED) is 0.473. The van der Waals surface area contributed by atoms with Gasteiger partial charge in [-0.3, -0.25) is 5.09 Å². The lowest BCUT2D eigenvalue weighted by Gasteiger charge is -2.21. The van der Waals surface area contributed by atoms with Gasteiger partial charge >= 0.3 is 7.75 Å². The number of benzene rings is 3. The van der Waals surface area contributed by atoms with Gasteiger partial charge in [0, 0.05) is 5.02 Å². The molecule has 4 nitrogen and oxygen atoms in total. The molecule has 0 aliphatic carbocycles. The third-order valence-electron chi connectivity index (χ3n) is 3.30. The number of hydrogen-bond donors (Lipinski definition) is 1. The van der Waals surface area contributed by atoms with Crippen molar-refractivity contribution in [3.05, 3.63) is 89.2 Å². The third kappa shape index (κ3) is 4.76. The number of anilines is 1. The lowest BCUT2D eigenvalue weighted by Crippen LogP contribution is -2.12. The number of halogens is 4. The summed E-state index contributed by atoms with van der Waals surface area (Å²) in [5.41, 5.74) is -0.282. The first-order valence-electron chi connectivity index (χ1n) is 7.58. The first-order chi connectivity index (χ1) is 12.9. The van der Waals surface area contributed by atoms with Gasteiger partial charge in [0.05, 0.1) is 5.69 Å². The molecule has 0 aliphatic rings. The van der Waals surface area contributed by atoms with Crippen LogP contribution in [0.5, 0.6) is 11.5 Å². The largest absolute Gasteiger partial charge is 0.542 e. The van der Waals surface area contributed by atoms with Gasteiger partial charge in [0.2, 0.25) is 0 Å². The highest BCUT2D eigenvalue weighted by Crippen LogP contribution is 2.49. The zero-order chi connectivity index (χ0) is 19.4. The van der Waals surface area contributed by atoms with E-state index in [1.165, 1.54) is 48.5 Å². The molecular formula is C18H12ClF3NO3P. The molecule has 3 rings (SSSR count). The Morgan fingerprint density at radius 1 is 0.778 bits per heavy atom. The Bertz CT molecular complexity index is 967. The van der Waals surface area contributed by atoms with Crippen LogP contribution in [-0.4, -0.2) is 0 Å². The summed E-state index contributed by atoms with van der Waals surface area (Å²) in [5.74, 6) is -3.34. The summed E-state index contributed by atoms with van der Waals surface area (Å²) in [6, 6.07) is 13.7. The lowest BCUT2D eigenvalue weighted by atomic mass is 10.3. The summed E-state index contributed by atoms with van der Waals surface area (Å²) < 4.78 is 65.4. The molecule has 0 radical (unpaired) electrons. The molecule has 27 heavy (non-hydrogen) atoms. The molecule has 0 saturated carbocycles. The van der Waals surface area contributed by atoms with E-state index in [1.807, 2.05) is 0 Å². The average molecular weight is 414 g/mol. The van der Waals surface area contributed by atoms with E-state index in [1.54, 1.807) is 0 Å². The van der Waals surface area contributed by atoms with Gasteiger partial charge < -0.3 is 9.05 Å². The van der Waals surface area contributed by atoms with Crippen LogP contribution in [0.2, 0.25) is 5.02 Å². The normalized spacial score (nSPS) is 11.1. The SMILES string of the molecule is O=P(Nc1ccc(Cl)cc1F)(Oc1ccccc1F)Oc1ccccc1F. The van der Waals surface area contributed by atoms with E-state index >= 15 is 0 Å². The van der Waals surface area contributed by atoms with Crippen molar-refractivity contribution < 1.29 is 26.8 Å². The first kappa shape index (κ1) is 19.1. The van der Waals surface area contributed by atoms with Crippen LogP contribution in [0.3, 0.4) is 0 Å². The zero-order valence-electron chi connectivity index (χ0n) is 13.5. The maximum Gasteiger partial charge on any atom is 0.542 e. The molecule has 0 aromatic heterocycles. The van der Waals surface area contributed by atoms with Gasteiger partial charge in [-0.15, -0.1) is 0 Å². The molecule has 9 heteroatoms. The Labute approximate surface area is 158 Å². The molecule has 0 heterocycles. The third-order valence-corrected chi connectivity index (χ3v) is 4.92. The minimum atomic E-state index is -4.49. The summed E-state index contributed by atoms with van der Waals surface area (Å²) in [6.45, 7) is 0. The van der Waals surface area contributed by atoms with Crippen LogP contribution in [-0.2, 0) is 4.57 Å². The molecule has 1 N–H and O–H groups in total. The molecule has 0 amide bonds. The topological polar surface area (TPSA) is 47.6 Å². The molecule has 0 bridgehead atoms. The van der Waals surface area contributed by atoms with Crippen LogP contribution < -0.4 is 14.1 Å². The second-order valence-electron chi connectivity index (χ2n) is 5.28. The van der Waals surface area contributed by atoms with Crippen LogP contribution in [0.4, 0.5) is 18.9 Å². The molecular weight excluding hydrogens is 402 g/mol. The Kier molecular flexibility index (Phi) is 5.63. The number of rotatable bonds is 6. The highest BCUT2D eigenvalue weighted by molar-refractivity contribution is 7.56. The maximum atomic E-state index is 14.1. The summed E-state index contributed by atoms with van der Waals surface area (Å²) in [7, 11) is -4.49. The van der Waals surface area contributed by atoms with Crippen LogP contribution >= 0.6 is 19.3 Å². The van der Waals surface area contributed by atoms with Crippen LogP contribution in [0.15, 0.2) is 66.7 Å². The molecule has 0 unspecified atom stereocenters. The smallest absolute Gasteiger partial charge is 0.397 e. The van der Waals surface area contributed by atoms with Gasteiger partial charge in [-0.25, -0.2) is 17.7 Å². The Morgan fingerprint density at radius 3 is 1.78 bits per heavy atom. The van der Waals surface area contributed by atoms with Gasteiger partial charge in [-0.2, -0.15) is 0 Å². The number of para-hydroxylation sites is 2. The minimum Gasteiger partial charge on any atom is -0.397 e. The van der Waals surface area contributed by atoms with Crippen molar-refractivity contribution in [1.82, 2.24) is 0 Å². The monoisotopic (exact) mass is 413 g/mol. The van der Waals surface area contributed by atoms with Crippen molar-refractivity contribution in [3.8, 4) is 11.5 Å². The van der Waals surface area contributed by atoms with Crippen LogP contribution in [0.25, 0.3) is 0 Å². The predicted octanol–water partition coefficient (Wildman–Crippen LogP) is 6.44. The molecule has 0 fully saturated rings. The fraction of sp³-hybridized carbons (Fsp3) is 0. The fourth-order valence-electron chi connectivity index (χ4n) is 2.09. The molecule has 0 atom stereocenters. The van der Waals surface area contributed by atoms with Crippen molar-refractivity contribution in [2.45, 2.75) is 0 Å². The highest BCUT2D eigenvalue weighted by atomic mass is 35.5. The summed E-state index contributed by atoms with van der Waals surface area (Å²) in [5, 5.41) is 2.36. The van der Waals surface area contributed by atoms with Gasteiger partial charge in [0.25, 0.3) is 0 Å². The van der Waals surface area contributed by atoms with Crippen LogP contribution in [0.1, 0.15) is 0 Å². The fourth-order valence-corrected chi connectivity index (χ4v) is 3.67. The molecule has 140 valence electrons. The Balaban J connectivity index is 1.98. The zero-order valence-corrected chi connectivity index (χ0v) is 15.2.